The number of hydrogen-bond acceptors (Lipinski definition) is 3. The van der Waals surface area contributed by atoms with Gasteiger partial charge in [-0.3, -0.25) is 9.59 Å². The molecule has 130 valence electrons. The van der Waals surface area contributed by atoms with E-state index in [0.717, 1.165) is 17.7 Å². The lowest BCUT2D eigenvalue weighted by atomic mass is 10.1. The maximum absolute atomic E-state index is 13.0. The molecular weight excluding hydrogens is 332 g/mol. The van der Waals surface area contributed by atoms with E-state index in [1.54, 1.807) is 28.8 Å². The number of nitrogens with zero attached hydrogens (tertiary/aromatic N) is 1. The number of rotatable bonds is 4. The van der Waals surface area contributed by atoms with Gasteiger partial charge in [-0.25, -0.2) is 0 Å². The van der Waals surface area contributed by atoms with Gasteiger partial charge in [0.25, 0.3) is 5.91 Å². The highest BCUT2D eigenvalue weighted by atomic mass is 32.2. The first kappa shape index (κ1) is 17.5. The summed E-state index contributed by atoms with van der Waals surface area (Å²) in [5.41, 5.74) is 2.52. The van der Waals surface area contributed by atoms with Crippen molar-refractivity contribution >= 4 is 29.3 Å². The third-order valence-corrected chi connectivity index (χ3v) is 5.77. The molecule has 2 amide bonds. The molecule has 3 rings (SSSR count). The highest BCUT2D eigenvalue weighted by molar-refractivity contribution is 8.00. The van der Waals surface area contributed by atoms with E-state index in [0.29, 0.717) is 11.3 Å². The largest absolute Gasteiger partial charge is 0.324 e. The fourth-order valence-electron chi connectivity index (χ4n) is 2.94. The third kappa shape index (κ3) is 3.87. The Labute approximate surface area is 152 Å². The van der Waals surface area contributed by atoms with Gasteiger partial charge in [-0.1, -0.05) is 42.8 Å². The van der Waals surface area contributed by atoms with E-state index >= 15 is 0 Å². The van der Waals surface area contributed by atoms with Crippen molar-refractivity contribution in [2.75, 3.05) is 11.1 Å². The van der Waals surface area contributed by atoms with Crippen LogP contribution in [0.25, 0.3) is 0 Å². The number of thioether (sulfide) groups is 1. The van der Waals surface area contributed by atoms with Crippen molar-refractivity contribution in [3.05, 3.63) is 65.7 Å². The van der Waals surface area contributed by atoms with Crippen LogP contribution in [0.15, 0.2) is 54.6 Å². The van der Waals surface area contributed by atoms with Gasteiger partial charge in [-0.05, 0) is 37.6 Å². The van der Waals surface area contributed by atoms with Gasteiger partial charge >= 0.3 is 0 Å². The lowest BCUT2D eigenvalue weighted by Crippen LogP contribution is -2.47. The summed E-state index contributed by atoms with van der Waals surface area (Å²) < 4.78 is 0. The molecule has 1 saturated heterocycles. The van der Waals surface area contributed by atoms with Gasteiger partial charge in [0.15, 0.2) is 0 Å². The first-order valence-corrected chi connectivity index (χ1v) is 9.52. The lowest BCUT2D eigenvalue weighted by molar-refractivity contribution is -0.119. The molecule has 0 radical (unpaired) electrons. The number of amides is 2. The second kappa shape index (κ2) is 7.74. The average molecular weight is 354 g/mol. The molecule has 1 fully saturated rings. The van der Waals surface area contributed by atoms with Crippen LogP contribution in [0.4, 0.5) is 5.69 Å². The first-order chi connectivity index (χ1) is 12.1. The number of benzene rings is 2. The van der Waals surface area contributed by atoms with Gasteiger partial charge in [0.05, 0.1) is 5.37 Å². The van der Waals surface area contributed by atoms with Crippen molar-refractivity contribution < 1.29 is 9.59 Å². The Hall–Kier alpha value is -2.27. The Morgan fingerprint density at radius 1 is 1.12 bits per heavy atom. The normalized spacial score (nSPS) is 19.7. The molecule has 2 atom stereocenters. The maximum atomic E-state index is 13.0. The average Bonchev–Trinajstić information content (AvgIpc) is 3.08. The van der Waals surface area contributed by atoms with Crippen molar-refractivity contribution in [3.8, 4) is 0 Å². The molecule has 0 spiro atoms. The molecule has 1 heterocycles. The second-order valence-electron chi connectivity index (χ2n) is 6.15. The standard InChI is InChI=1S/C20H22N2O2S/c1-3-18-22(20(24)15-7-5-4-6-8-15)17(13-25-18)19(23)21-16-11-9-14(2)10-12-16/h4-12,17-18H,3,13H2,1-2H3,(H,21,23). The molecule has 5 heteroatoms. The van der Waals surface area contributed by atoms with Crippen LogP contribution in [-0.2, 0) is 4.79 Å². The minimum Gasteiger partial charge on any atom is -0.324 e. The van der Waals surface area contributed by atoms with Crippen LogP contribution in [0.3, 0.4) is 0 Å². The molecule has 0 aliphatic carbocycles. The molecule has 1 aliphatic heterocycles. The summed E-state index contributed by atoms with van der Waals surface area (Å²) in [5, 5.41) is 2.98. The van der Waals surface area contributed by atoms with E-state index in [-0.39, 0.29) is 17.2 Å². The minimum atomic E-state index is -0.455. The molecule has 0 saturated carbocycles. The number of carbonyl (C=O) groups excluding carboxylic acids is 2. The van der Waals surface area contributed by atoms with Crippen LogP contribution >= 0.6 is 11.8 Å². The Bertz CT molecular complexity index is 746. The molecule has 25 heavy (non-hydrogen) atoms. The maximum Gasteiger partial charge on any atom is 0.255 e. The fourth-order valence-corrected chi connectivity index (χ4v) is 4.30. The second-order valence-corrected chi connectivity index (χ2v) is 7.36. The molecule has 1 aliphatic rings. The summed E-state index contributed by atoms with van der Waals surface area (Å²) in [6, 6.07) is 16.4. The zero-order chi connectivity index (χ0) is 17.8. The van der Waals surface area contributed by atoms with Crippen LogP contribution in [0.1, 0.15) is 29.3 Å². The van der Waals surface area contributed by atoms with Crippen molar-refractivity contribution in [1.82, 2.24) is 4.90 Å². The van der Waals surface area contributed by atoms with Crippen molar-refractivity contribution in [2.24, 2.45) is 0 Å². The molecule has 1 N–H and O–H groups in total. The van der Waals surface area contributed by atoms with Gasteiger partial charge in [-0.2, -0.15) is 0 Å². The molecule has 2 aromatic carbocycles. The molecule has 2 unspecified atom stereocenters. The molecule has 0 aromatic heterocycles. The highest BCUT2D eigenvalue weighted by Gasteiger charge is 2.40. The summed E-state index contributed by atoms with van der Waals surface area (Å²) in [7, 11) is 0. The van der Waals surface area contributed by atoms with E-state index in [1.165, 1.54) is 0 Å². The van der Waals surface area contributed by atoms with E-state index in [1.807, 2.05) is 56.3 Å². The van der Waals surface area contributed by atoms with Crippen LogP contribution in [0.2, 0.25) is 0 Å². The number of nitrogens with one attached hydrogen (secondary N) is 1. The van der Waals surface area contributed by atoms with Gasteiger partial charge in [0.1, 0.15) is 6.04 Å². The number of hydrogen-bond donors (Lipinski definition) is 1. The zero-order valence-corrected chi connectivity index (χ0v) is 15.3. The third-order valence-electron chi connectivity index (χ3n) is 4.32. The molecule has 0 bridgehead atoms. The summed E-state index contributed by atoms with van der Waals surface area (Å²) in [5.74, 6) is 0.410. The van der Waals surface area contributed by atoms with Gasteiger partial charge in [-0.15, -0.1) is 11.8 Å². The zero-order valence-electron chi connectivity index (χ0n) is 14.4. The van der Waals surface area contributed by atoms with Crippen LogP contribution in [-0.4, -0.2) is 33.9 Å². The fraction of sp³-hybridized carbons (Fsp3) is 0.300. The van der Waals surface area contributed by atoms with Crippen LogP contribution in [0.5, 0.6) is 0 Å². The first-order valence-electron chi connectivity index (χ1n) is 8.47. The monoisotopic (exact) mass is 354 g/mol. The topological polar surface area (TPSA) is 49.4 Å². The summed E-state index contributed by atoms with van der Waals surface area (Å²) in [6.07, 6.45) is 0.817. The van der Waals surface area contributed by atoms with Gasteiger partial charge < -0.3 is 10.2 Å². The van der Waals surface area contributed by atoms with Crippen LogP contribution < -0.4 is 5.32 Å². The molecular formula is C20H22N2O2S. The number of aryl methyl sites for hydroxylation is 1. The Morgan fingerprint density at radius 2 is 1.80 bits per heavy atom. The quantitative estimate of drug-likeness (QED) is 0.905. The smallest absolute Gasteiger partial charge is 0.255 e. The van der Waals surface area contributed by atoms with E-state index in [4.69, 9.17) is 0 Å². The summed E-state index contributed by atoms with van der Waals surface area (Å²) in [4.78, 5) is 27.5. The molecule has 2 aromatic rings. The minimum absolute atomic E-state index is 0.0291. The Kier molecular flexibility index (Phi) is 5.43. The SMILES string of the molecule is CCC1SCC(C(=O)Nc2ccc(C)cc2)N1C(=O)c1ccccc1. The van der Waals surface area contributed by atoms with E-state index in [2.05, 4.69) is 5.32 Å². The van der Waals surface area contributed by atoms with Crippen molar-refractivity contribution in [1.29, 1.82) is 0 Å². The van der Waals surface area contributed by atoms with Crippen molar-refractivity contribution in [3.63, 3.8) is 0 Å². The predicted molar refractivity (Wildman–Crippen MR) is 103 cm³/mol. The highest BCUT2D eigenvalue weighted by Crippen LogP contribution is 2.33. The van der Waals surface area contributed by atoms with E-state index < -0.39 is 6.04 Å². The summed E-state index contributed by atoms with van der Waals surface area (Å²) >= 11 is 1.67. The van der Waals surface area contributed by atoms with Crippen LogP contribution in [0, 0.1) is 6.92 Å². The number of anilines is 1. The van der Waals surface area contributed by atoms with Crippen molar-refractivity contribution in [2.45, 2.75) is 31.7 Å². The van der Waals surface area contributed by atoms with Gasteiger partial charge in [0.2, 0.25) is 5.91 Å². The summed E-state index contributed by atoms with van der Waals surface area (Å²) in [6.45, 7) is 4.05. The predicted octanol–water partition coefficient (Wildman–Crippen LogP) is 3.93. The molecule has 4 nitrogen and oxygen atoms in total. The Morgan fingerprint density at radius 3 is 2.44 bits per heavy atom. The Balaban J connectivity index is 1.80. The number of carbonyl (C=O) groups is 2. The lowest BCUT2D eigenvalue weighted by Gasteiger charge is -2.28. The van der Waals surface area contributed by atoms with E-state index in [9.17, 15) is 9.59 Å². The van der Waals surface area contributed by atoms with Gasteiger partial charge in [0, 0.05) is 17.0 Å².